The zero-order valence-electron chi connectivity index (χ0n) is 14.8. The van der Waals surface area contributed by atoms with E-state index >= 15 is 0 Å². The van der Waals surface area contributed by atoms with Gasteiger partial charge in [0.15, 0.2) is 0 Å². The number of aromatic nitrogens is 2. The summed E-state index contributed by atoms with van der Waals surface area (Å²) in [5, 5.41) is 0. The molecule has 0 N–H and O–H groups in total. The Morgan fingerprint density at radius 3 is 2.28 bits per heavy atom. The SMILES string of the molecule is CC(C)(C)Cc1nc(-c2cccc(F)c2)cn1Cc1cccc(F)c1. The van der Waals surface area contributed by atoms with Crippen molar-refractivity contribution in [1.82, 2.24) is 9.55 Å². The Kier molecular flexibility index (Phi) is 4.71. The van der Waals surface area contributed by atoms with E-state index in [2.05, 4.69) is 20.8 Å². The van der Waals surface area contributed by atoms with E-state index in [4.69, 9.17) is 4.98 Å². The van der Waals surface area contributed by atoms with Gasteiger partial charge in [0.25, 0.3) is 0 Å². The fraction of sp³-hybridized carbons (Fsp3) is 0.286. The van der Waals surface area contributed by atoms with Gasteiger partial charge in [0.2, 0.25) is 0 Å². The summed E-state index contributed by atoms with van der Waals surface area (Å²) in [6, 6.07) is 13.0. The van der Waals surface area contributed by atoms with Crippen LogP contribution in [0.1, 0.15) is 32.2 Å². The molecule has 3 rings (SSSR count). The maximum absolute atomic E-state index is 13.5. The normalized spacial score (nSPS) is 11.7. The summed E-state index contributed by atoms with van der Waals surface area (Å²) < 4.78 is 29.1. The van der Waals surface area contributed by atoms with Crippen molar-refractivity contribution in [2.75, 3.05) is 0 Å². The highest BCUT2D eigenvalue weighted by molar-refractivity contribution is 5.58. The molecule has 0 amide bonds. The molecule has 4 heteroatoms. The molecule has 0 saturated heterocycles. The summed E-state index contributed by atoms with van der Waals surface area (Å²) in [7, 11) is 0. The summed E-state index contributed by atoms with van der Waals surface area (Å²) >= 11 is 0. The third-order valence-electron chi connectivity index (χ3n) is 3.91. The second kappa shape index (κ2) is 6.79. The molecule has 0 aliphatic rings. The molecule has 130 valence electrons. The fourth-order valence-corrected chi connectivity index (χ4v) is 2.83. The van der Waals surface area contributed by atoms with Crippen LogP contribution in [0.2, 0.25) is 0 Å². The highest BCUT2D eigenvalue weighted by atomic mass is 19.1. The van der Waals surface area contributed by atoms with Gasteiger partial charge in [-0.1, -0.05) is 45.0 Å². The molecular weight excluding hydrogens is 318 g/mol. The first-order valence-electron chi connectivity index (χ1n) is 8.37. The summed E-state index contributed by atoms with van der Waals surface area (Å²) in [4.78, 5) is 4.73. The predicted octanol–water partition coefficient (Wildman–Crippen LogP) is 5.47. The number of hydrogen-bond acceptors (Lipinski definition) is 1. The van der Waals surface area contributed by atoms with Gasteiger partial charge in [0.1, 0.15) is 17.5 Å². The number of rotatable bonds is 4. The first kappa shape index (κ1) is 17.3. The van der Waals surface area contributed by atoms with Gasteiger partial charge in [-0.25, -0.2) is 13.8 Å². The molecule has 0 aliphatic heterocycles. The van der Waals surface area contributed by atoms with Crippen molar-refractivity contribution in [3.05, 3.63) is 77.8 Å². The van der Waals surface area contributed by atoms with Crippen LogP contribution in [0.5, 0.6) is 0 Å². The molecule has 1 aromatic heterocycles. The minimum Gasteiger partial charge on any atom is -0.330 e. The molecule has 0 fully saturated rings. The molecule has 0 atom stereocenters. The van der Waals surface area contributed by atoms with E-state index in [0.717, 1.165) is 29.1 Å². The molecule has 0 spiro atoms. The molecule has 0 saturated carbocycles. The van der Waals surface area contributed by atoms with Gasteiger partial charge < -0.3 is 4.57 Å². The topological polar surface area (TPSA) is 17.8 Å². The lowest BCUT2D eigenvalue weighted by molar-refractivity contribution is 0.393. The van der Waals surface area contributed by atoms with Gasteiger partial charge in [0, 0.05) is 24.7 Å². The molecule has 0 radical (unpaired) electrons. The third kappa shape index (κ3) is 4.53. The smallest absolute Gasteiger partial charge is 0.123 e. The Morgan fingerprint density at radius 1 is 0.960 bits per heavy atom. The van der Waals surface area contributed by atoms with Crippen molar-refractivity contribution < 1.29 is 8.78 Å². The molecule has 2 nitrogen and oxygen atoms in total. The summed E-state index contributed by atoms with van der Waals surface area (Å²) in [5.41, 5.74) is 2.41. The van der Waals surface area contributed by atoms with Gasteiger partial charge in [-0.3, -0.25) is 0 Å². The van der Waals surface area contributed by atoms with Crippen LogP contribution >= 0.6 is 0 Å². The van der Waals surface area contributed by atoms with Crippen molar-refractivity contribution in [1.29, 1.82) is 0 Å². The van der Waals surface area contributed by atoms with E-state index < -0.39 is 0 Å². The van der Waals surface area contributed by atoms with E-state index in [-0.39, 0.29) is 17.0 Å². The van der Waals surface area contributed by atoms with Gasteiger partial charge in [-0.2, -0.15) is 0 Å². The van der Waals surface area contributed by atoms with Crippen LogP contribution in [0.15, 0.2) is 54.7 Å². The van der Waals surface area contributed by atoms with Gasteiger partial charge in [0.05, 0.1) is 5.69 Å². The van der Waals surface area contributed by atoms with Crippen LogP contribution in [-0.4, -0.2) is 9.55 Å². The van der Waals surface area contributed by atoms with Gasteiger partial charge in [-0.05, 0) is 35.2 Å². The Labute approximate surface area is 147 Å². The number of imidazole rings is 1. The van der Waals surface area contributed by atoms with Crippen LogP contribution < -0.4 is 0 Å². The minimum atomic E-state index is -0.283. The molecular formula is C21H22F2N2. The van der Waals surface area contributed by atoms with Gasteiger partial charge >= 0.3 is 0 Å². The van der Waals surface area contributed by atoms with Crippen molar-refractivity contribution in [2.24, 2.45) is 5.41 Å². The summed E-state index contributed by atoms with van der Waals surface area (Å²) in [5.74, 6) is 0.380. The molecule has 3 aromatic rings. The van der Waals surface area contributed by atoms with Gasteiger partial charge in [-0.15, -0.1) is 0 Å². The average molecular weight is 340 g/mol. The lowest BCUT2D eigenvalue weighted by atomic mass is 9.92. The Hall–Kier alpha value is -2.49. The maximum Gasteiger partial charge on any atom is 0.123 e. The first-order valence-corrected chi connectivity index (χ1v) is 8.37. The number of halogens is 2. The average Bonchev–Trinajstić information content (AvgIpc) is 2.88. The Morgan fingerprint density at radius 2 is 1.64 bits per heavy atom. The Bertz CT molecular complexity index is 876. The van der Waals surface area contributed by atoms with Crippen LogP contribution in [0, 0.1) is 17.0 Å². The lowest BCUT2D eigenvalue weighted by Gasteiger charge is -2.18. The van der Waals surface area contributed by atoms with Crippen molar-refractivity contribution >= 4 is 0 Å². The summed E-state index contributed by atoms with van der Waals surface area (Å²) in [6.07, 6.45) is 2.69. The number of benzene rings is 2. The van der Waals surface area contributed by atoms with Crippen molar-refractivity contribution in [2.45, 2.75) is 33.7 Å². The standard InChI is InChI=1S/C21H22F2N2/c1-21(2,3)12-20-24-19(16-7-5-9-18(23)11-16)14-25(20)13-15-6-4-8-17(22)10-15/h4-11,14H,12-13H2,1-3H3. The summed E-state index contributed by atoms with van der Waals surface area (Å²) in [6.45, 7) is 6.98. The van der Waals surface area contributed by atoms with E-state index in [0.29, 0.717) is 6.54 Å². The second-order valence-corrected chi connectivity index (χ2v) is 7.55. The highest BCUT2D eigenvalue weighted by Gasteiger charge is 2.18. The molecule has 0 aliphatic carbocycles. The Balaban J connectivity index is 1.99. The van der Waals surface area contributed by atoms with Crippen molar-refractivity contribution in [3.63, 3.8) is 0 Å². The molecule has 25 heavy (non-hydrogen) atoms. The van der Waals surface area contributed by atoms with Crippen LogP contribution in [0.25, 0.3) is 11.3 Å². The molecule has 1 heterocycles. The molecule has 0 unspecified atom stereocenters. The fourth-order valence-electron chi connectivity index (χ4n) is 2.83. The largest absolute Gasteiger partial charge is 0.330 e. The third-order valence-corrected chi connectivity index (χ3v) is 3.91. The first-order chi connectivity index (χ1) is 11.8. The zero-order valence-corrected chi connectivity index (χ0v) is 14.8. The number of hydrogen-bond donors (Lipinski definition) is 0. The van der Waals surface area contributed by atoms with Crippen LogP contribution in [0.4, 0.5) is 8.78 Å². The van der Waals surface area contributed by atoms with E-state index in [1.54, 1.807) is 12.1 Å². The van der Waals surface area contributed by atoms with E-state index in [1.807, 2.05) is 22.9 Å². The molecule has 0 bridgehead atoms. The lowest BCUT2D eigenvalue weighted by Crippen LogP contribution is -2.14. The van der Waals surface area contributed by atoms with E-state index in [1.165, 1.54) is 24.3 Å². The monoisotopic (exact) mass is 340 g/mol. The van der Waals surface area contributed by atoms with Crippen molar-refractivity contribution in [3.8, 4) is 11.3 Å². The minimum absolute atomic E-state index is 0.0598. The maximum atomic E-state index is 13.5. The van der Waals surface area contributed by atoms with E-state index in [9.17, 15) is 8.78 Å². The van der Waals surface area contributed by atoms with Crippen LogP contribution in [0.3, 0.4) is 0 Å². The molecule has 2 aromatic carbocycles. The second-order valence-electron chi connectivity index (χ2n) is 7.55. The predicted molar refractivity (Wildman–Crippen MR) is 96.3 cm³/mol. The number of nitrogens with zero attached hydrogens (tertiary/aromatic N) is 2. The highest BCUT2D eigenvalue weighted by Crippen LogP contribution is 2.25. The zero-order chi connectivity index (χ0) is 18.0. The van der Waals surface area contributed by atoms with Crippen LogP contribution in [-0.2, 0) is 13.0 Å². The quantitative estimate of drug-likeness (QED) is 0.616.